The Morgan fingerprint density at radius 3 is 2.71 bits per heavy atom. The summed E-state index contributed by atoms with van der Waals surface area (Å²) in [6.07, 6.45) is 10.5. The highest BCUT2D eigenvalue weighted by Gasteiger charge is 2.14. The number of nitriles is 1. The van der Waals surface area contributed by atoms with Gasteiger partial charge in [-0.25, -0.2) is 0 Å². The van der Waals surface area contributed by atoms with Crippen molar-refractivity contribution < 1.29 is 9.47 Å². The second-order valence-electron chi connectivity index (χ2n) is 4.71. The fraction of sp³-hybridized carbons (Fsp3) is 0.929. The third-order valence-corrected chi connectivity index (χ3v) is 3.19. The molecule has 3 nitrogen and oxygen atoms in total. The van der Waals surface area contributed by atoms with Gasteiger partial charge in [-0.15, -0.1) is 0 Å². The molecule has 1 rings (SSSR count). The summed E-state index contributed by atoms with van der Waals surface area (Å²) >= 11 is 0. The van der Waals surface area contributed by atoms with Gasteiger partial charge < -0.3 is 9.47 Å². The van der Waals surface area contributed by atoms with Gasteiger partial charge in [0.25, 0.3) is 0 Å². The molecule has 0 spiro atoms. The van der Waals surface area contributed by atoms with Crippen molar-refractivity contribution in [3.8, 4) is 6.07 Å². The van der Waals surface area contributed by atoms with E-state index in [1.165, 1.54) is 32.1 Å². The summed E-state index contributed by atoms with van der Waals surface area (Å²) in [5.74, 6) is 0. The Morgan fingerprint density at radius 2 is 1.94 bits per heavy atom. The van der Waals surface area contributed by atoms with Gasteiger partial charge in [0.05, 0.1) is 12.2 Å². The standard InChI is InChI=1S/C14H25NO2/c15-10-5-3-1-2-4-6-11-16-13-9-14-8-7-12-17-14/h14H,1-9,11-13H2. The van der Waals surface area contributed by atoms with Crippen LogP contribution >= 0.6 is 0 Å². The molecule has 1 unspecified atom stereocenters. The van der Waals surface area contributed by atoms with Crippen molar-refractivity contribution in [1.82, 2.24) is 0 Å². The van der Waals surface area contributed by atoms with Crippen LogP contribution in [0.4, 0.5) is 0 Å². The van der Waals surface area contributed by atoms with Crippen LogP contribution in [0.2, 0.25) is 0 Å². The Bertz CT molecular complexity index is 207. The molecule has 0 radical (unpaired) electrons. The first kappa shape index (κ1) is 14.5. The predicted molar refractivity (Wildman–Crippen MR) is 67.7 cm³/mol. The molecule has 1 saturated heterocycles. The van der Waals surface area contributed by atoms with Gasteiger partial charge in [-0.2, -0.15) is 5.26 Å². The molecule has 0 aromatic rings. The van der Waals surface area contributed by atoms with Gasteiger partial charge in [0, 0.05) is 26.2 Å². The van der Waals surface area contributed by atoms with Crippen LogP contribution in [0.25, 0.3) is 0 Å². The van der Waals surface area contributed by atoms with Crippen LogP contribution in [0.15, 0.2) is 0 Å². The highest BCUT2D eigenvalue weighted by Crippen LogP contribution is 2.15. The summed E-state index contributed by atoms with van der Waals surface area (Å²) in [7, 11) is 0. The molecular weight excluding hydrogens is 214 g/mol. The van der Waals surface area contributed by atoms with Crippen molar-refractivity contribution in [2.45, 2.75) is 63.9 Å². The Kier molecular flexibility index (Phi) is 8.99. The Hall–Kier alpha value is -0.590. The summed E-state index contributed by atoms with van der Waals surface area (Å²) in [4.78, 5) is 0. The van der Waals surface area contributed by atoms with Crippen molar-refractivity contribution in [3.63, 3.8) is 0 Å². The minimum absolute atomic E-state index is 0.459. The number of hydrogen-bond donors (Lipinski definition) is 0. The molecule has 1 atom stereocenters. The number of ether oxygens (including phenoxy) is 2. The van der Waals surface area contributed by atoms with E-state index in [0.717, 1.165) is 39.1 Å². The zero-order valence-electron chi connectivity index (χ0n) is 10.8. The van der Waals surface area contributed by atoms with Gasteiger partial charge >= 0.3 is 0 Å². The molecule has 1 heterocycles. The molecule has 1 fully saturated rings. The number of nitrogens with zero attached hydrogens (tertiary/aromatic N) is 1. The van der Waals surface area contributed by atoms with Crippen LogP contribution < -0.4 is 0 Å². The lowest BCUT2D eigenvalue weighted by Gasteiger charge is -2.09. The lowest BCUT2D eigenvalue weighted by Crippen LogP contribution is -2.09. The molecule has 3 heteroatoms. The van der Waals surface area contributed by atoms with Gasteiger partial charge in [-0.3, -0.25) is 0 Å². The Balaban J connectivity index is 1.71. The maximum atomic E-state index is 8.38. The maximum Gasteiger partial charge on any atom is 0.0621 e. The average Bonchev–Trinajstić information content (AvgIpc) is 2.85. The third-order valence-electron chi connectivity index (χ3n) is 3.19. The van der Waals surface area contributed by atoms with Crippen LogP contribution in [-0.2, 0) is 9.47 Å². The SMILES string of the molecule is N#CCCCCCCCOCCC1CCCO1. The highest BCUT2D eigenvalue weighted by atomic mass is 16.5. The van der Waals surface area contributed by atoms with E-state index >= 15 is 0 Å². The summed E-state index contributed by atoms with van der Waals surface area (Å²) in [6, 6.07) is 2.18. The predicted octanol–water partition coefficient (Wildman–Crippen LogP) is 3.44. The maximum absolute atomic E-state index is 8.38. The molecular formula is C14H25NO2. The van der Waals surface area contributed by atoms with Crippen LogP contribution in [0.1, 0.15) is 57.8 Å². The fourth-order valence-corrected chi connectivity index (χ4v) is 2.13. The topological polar surface area (TPSA) is 42.2 Å². The molecule has 1 aliphatic heterocycles. The van der Waals surface area contributed by atoms with Crippen LogP contribution in [0.5, 0.6) is 0 Å². The van der Waals surface area contributed by atoms with Gasteiger partial charge in [0.2, 0.25) is 0 Å². The first-order valence-corrected chi connectivity index (χ1v) is 7.00. The Morgan fingerprint density at radius 1 is 1.12 bits per heavy atom. The molecule has 0 bridgehead atoms. The smallest absolute Gasteiger partial charge is 0.0621 e. The molecule has 17 heavy (non-hydrogen) atoms. The quantitative estimate of drug-likeness (QED) is 0.548. The van der Waals surface area contributed by atoms with Crippen molar-refractivity contribution in [1.29, 1.82) is 5.26 Å². The molecule has 0 amide bonds. The summed E-state index contributed by atoms with van der Waals surface area (Å²) < 4.78 is 11.1. The van der Waals surface area contributed by atoms with E-state index in [9.17, 15) is 0 Å². The summed E-state index contributed by atoms with van der Waals surface area (Å²) in [6.45, 7) is 2.66. The van der Waals surface area contributed by atoms with Crippen molar-refractivity contribution in [3.05, 3.63) is 0 Å². The molecule has 0 aliphatic carbocycles. The van der Waals surface area contributed by atoms with Gasteiger partial charge in [-0.1, -0.05) is 19.3 Å². The third kappa shape index (κ3) is 8.18. The number of unbranched alkanes of at least 4 members (excludes halogenated alkanes) is 5. The number of hydrogen-bond acceptors (Lipinski definition) is 3. The zero-order chi connectivity index (χ0) is 12.2. The van der Waals surface area contributed by atoms with Gasteiger partial charge in [0.1, 0.15) is 0 Å². The van der Waals surface area contributed by atoms with E-state index in [0.29, 0.717) is 12.5 Å². The van der Waals surface area contributed by atoms with E-state index in [4.69, 9.17) is 14.7 Å². The lowest BCUT2D eigenvalue weighted by molar-refractivity contribution is 0.0582. The minimum Gasteiger partial charge on any atom is -0.381 e. The molecule has 0 N–H and O–H groups in total. The normalized spacial score (nSPS) is 19.4. The molecule has 0 saturated carbocycles. The van der Waals surface area contributed by atoms with Crippen LogP contribution in [-0.4, -0.2) is 25.9 Å². The Labute approximate surface area is 105 Å². The van der Waals surface area contributed by atoms with E-state index in [2.05, 4.69) is 6.07 Å². The van der Waals surface area contributed by atoms with Crippen molar-refractivity contribution in [2.24, 2.45) is 0 Å². The summed E-state index contributed by atoms with van der Waals surface area (Å²) in [5, 5.41) is 8.38. The fourth-order valence-electron chi connectivity index (χ4n) is 2.13. The number of rotatable bonds is 10. The van der Waals surface area contributed by atoms with Gasteiger partial charge in [-0.05, 0) is 32.1 Å². The minimum atomic E-state index is 0.459. The van der Waals surface area contributed by atoms with E-state index in [-0.39, 0.29) is 0 Å². The van der Waals surface area contributed by atoms with E-state index in [1.807, 2.05) is 0 Å². The van der Waals surface area contributed by atoms with E-state index < -0.39 is 0 Å². The summed E-state index contributed by atoms with van der Waals surface area (Å²) in [5.41, 5.74) is 0. The molecule has 0 aromatic carbocycles. The van der Waals surface area contributed by atoms with Gasteiger partial charge in [0.15, 0.2) is 0 Å². The molecule has 1 aliphatic rings. The van der Waals surface area contributed by atoms with Crippen molar-refractivity contribution >= 4 is 0 Å². The monoisotopic (exact) mass is 239 g/mol. The highest BCUT2D eigenvalue weighted by molar-refractivity contribution is 4.67. The molecule has 0 aromatic heterocycles. The van der Waals surface area contributed by atoms with Crippen LogP contribution in [0.3, 0.4) is 0 Å². The second kappa shape index (κ2) is 10.6. The van der Waals surface area contributed by atoms with Crippen molar-refractivity contribution in [2.75, 3.05) is 19.8 Å². The largest absolute Gasteiger partial charge is 0.381 e. The first-order valence-electron chi connectivity index (χ1n) is 7.00. The van der Waals surface area contributed by atoms with Crippen LogP contribution in [0, 0.1) is 11.3 Å². The molecule has 98 valence electrons. The lowest BCUT2D eigenvalue weighted by atomic mass is 10.1. The average molecular weight is 239 g/mol. The van der Waals surface area contributed by atoms with E-state index in [1.54, 1.807) is 0 Å². The zero-order valence-corrected chi connectivity index (χ0v) is 10.8. The first-order chi connectivity index (χ1) is 8.43. The second-order valence-corrected chi connectivity index (χ2v) is 4.71.